The second-order valence-corrected chi connectivity index (χ2v) is 7.24. The third kappa shape index (κ3) is 3.37. The second kappa shape index (κ2) is 6.64. The number of nitrogens with zero attached hydrogens (tertiary/aromatic N) is 4. The number of fused-ring (bicyclic) bond motifs is 1. The maximum Gasteiger partial charge on any atom is 0.253 e. The van der Waals surface area contributed by atoms with Crippen LogP contribution in [0.2, 0.25) is 0 Å². The molecule has 2 heterocycles. The highest BCUT2D eigenvalue weighted by Crippen LogP contribution is 2.29. The molecule has 0 atom stereocenters. The second-order valence-electron chi connectivity index (χ2n) is 7.24. The molecule has 7 nitrogen and oxygen atoms in total. The van der Waals surface area contributed by atoms with Gasteiger partial charge in [0, 0.05) is 37.7 Å². The smallest absolute Gasteiger partial charge is 0.253 e. The molecule has 0 aromatic carbocycles. The molecule has 0 saturated heterocycles. The Morgan fingerprint density at radius 2 is 2.12 bits per heavy atom. The van der Waals surface area contributed by atoms with E-state index in [1.165, 1.54) is 0 Å². The van der Waals surface area contributed by atoms with Crippen molar-refractivity contribution < 1.29 is 9.90 Å². The molecule has 24 heavy (non-hydrogen) atoms. The van der Waals surface area contributed by atoms with E-state index in [1.54, 1.807) is 15.5 Å². The largest absolute Gasteiger partial charge is 0.393 e. The molecule has 1 fully saturated rings. The molecule has 1 aliphatic carbocycles. The summed E-state index contributed by atoms with van der Waals surface area (Å²) in [6.45, 7) is 6.20. The van der Waals surface area contributed by atoms with Crippen molar-refractivity contribution >= 4 is 5.91 Å². The number of hydrogen-bond acceptors (Lipinski definition) is 5. The first-order chi connectivity index (χ1) is 11.3. The van der Waals surface area contributed by atoms with Crippen LogP contribution in [0.25, 0.3) is 0 Å². The maximum absolute atomic E-state index is 12.5. The van der Waals surface area contributed by atoms with Gasteiger partial charge in [0.1, 0.15) is 5.82 Å². The van der Waals surface area contributed by atoms with Gasteiger partial charge in [-0.1, -0.05) is 0 Å². The topological polar surface area (TPSA) is 78.7 Å². The van der Waals surface area contributed by atoms with Crippen LogP contribution in [0.3, 0.4) is 0 Å². The van der Waals surface area contributed by atoms with Crippen molar-refractivity contribution in [1.82, 2.24) is 19.4 Å². The highest BCUT2D eigenvalue weighted by molar-refractivity contribution is 5.79. The summed E-state index contributed by atoms with van der Waals surface area (Å²) in [5, 5.41) is 9.39. The van der Waals surface area contributed by atoms with Crippen LogP contribution in [-0.4, -0.2) is 56.1 Å². The van der Waals surface area contributed by atoms with Crippen LogP contribution < -0.4 is 5.56 Å². The maximum atomic E-state index is 12.5. The van der Waals surface area contributed by atoms with E-state index in [0.29, 0.717) is 50.9 Å². The zero-order chi connectivity index (χ0) is 17.4. The first-order valence-electron chi connectivity index (χ1n) is 8.62. The number of aromatic nitrogens is 2. The standard InChI is InChI=1S/C17H26N4O3/c1-11(2)19(3)9-13-8-16(23)21-5-4-20(10-15(21)18-13)17(24)12-6-14(22)7-12/h8,11-12,14,22H,4-7,9-10H2,1-3H3. The molecule has 1 aromatic rings. The summed E-state index contributed by atoms with van der Waals surface area (Å²) in [6, 6.07) is 1.97. The lowest BCUT2D eigenvalue weighted by atomic mass is 9.81. The van der Waals surface area contributed by atoms with Gasteiger partial charge in [-0.3, -0.25) is 19.1 Å². The summed E-state index contributed by atoms with van der Waals surface area (Å²) >= 11 is 0. The molecule has 1 aromatic heterocycles. The fraction of sp³-hybridized carbons (Fsp3) is 0.706. The van der Waals surface area contributed by atoms with Crippen molar-refractivity contribution in [1.29, 1.82) is 0 Å². The Morgan fingerprint density at radius 3 is 2.75 bits per heavy atom. The molecule has 0 spiro atoms. The van der Waals surface area contributed by atoms with Crippen molar-refractivity contribution in [2.45, 2.75) is 58.5 Å². The third-order valence-electron chi connectivity index (χ3n) is 5.13. The number of carbonyl (C=O) groups excluding carboxylic acids is 1. The van der Waals surface area contributed by atoms with Gasteiger partial charge in [-0.15, -0.1) is 0 Å². The van der Waals surface area contributed by atoms with Crippen LogP contribution in [-0.2, 0) is 24.4 Å². The molecule has 132 valence electrons. The van der Waals surface area contributed by atoms with E-state index in [0.717, 1.165) is 5.69 Å². The van der Waals surface area contributed by atoms with Crippen molar-refractivity contribution in [3.63, 3.8) is 0 Å². The van der Waals surface area contributed by atoms with Gasteiger partial charge >= 0.3 is 0 Å². The molecular formula is C17H26N4O3. The van der Waals surface area contributed by atoms with E-state index >= 15 is 0 Å². The summed E-state index contributed by atoms with van der Waals surface area (Å²) in [7, 11) is 2.00. The Labute approximate surface area is 141 Å². The third-order valence-corrected chi connectivity index (χ3v) is 5.13. The Balaban J connectivity index is 1.75. The fourth-order valence-corrected chi connectivity index (χ4v) is 3.19. The van der Waals surface area contributed by atoms with Gasteiger partial charge in [0.05, 0.1) is 18.3 Å². The number of amides is 1. The number of rotatable bonds is 4. The predicted octanol–water partition coefficient (Wildman–Crippen LogP) is 0.197. The first-order valence-corrected chi connectivity index (χ1v) is 8.62. The lowest BCUT2D eigenvalue weighted by Gasteiger charge is -2.37. The van der Waals surface area contributed by atoms with Crippen LogP contribution >= 0.6 is 0 Å². The molecule has 1 amide bonds. The minimum absolute atomic E-state index is 0.0432. The zero-order valence-electron chi connectivity index (χ0n) is 14.6. The van der Waals surface area contributed by atoms with E-state index in [1.807, 2.05) is 7.05 Å². The van der Waals surface area contributed by atoms with Gasteiger partial charge < -0.3 is 10.0 Å². The fourth-order valence-electron chi connectivity index (χ4n) is 3.19. The van der Waals surface area contributed by atoms with Gasteiger partial charge in [0.25, 0.3) is 5.56 Å². The molecule has 0 unspecified atom stereocenters. The van der Waals surface area contributed by atoms with E-state index < -0.39 is 0 Å². The van der Waals surface area contributed by atoms with Crippen molar-refractivity contribution in [2.75, 3.05) is 13.6 Å². The van der Waals surface area contributed by atoms with Crippen molar-refractivity contribution in [3.8, 4) is 0 Å². The highest BCUT2D eigenvalue weighted by Gasteiger charge is 2.37. The number of hydrogen-bond donors (Lipinski definition) is 1. The molecule has 1 N–H and O–H groups in total. The highest BCUT2D eigenvalue weighted by atomic mass is 16.3. The van der Waals surface area contributed by atoms with Crippen LogP contribution in [0.1, 0.15) is 38.2 Å². The summed E-state index contributed by atoms with van der Waals surface area (Å²) in [5.41, 5.74) is 0.703. The van der Waals surface area contributed by atoms with Gasteiger partial charge in [-0.25, -0.2) is 4.98 Å². The lowest BCUT2D eigenvalue weighted by molar-refractivity contribution is -0.144. The van der Waals surface area contributed by atoms with Crippen LogP contribution in [0, 0.1) is 5.92 Å². The predicted molar refractivity (Wildman–Crippen MR) is 89.2 cm³/mol. The number of aliphatic hydroxyl groups excluding tert-OH is 1. The molecule has 1 aliphatic heterocycles. The number of aliphatic hydroxyl groups is 1. The lowest BCUT2D eigenvalue weighted by Crippen LogP contribution is -2.48. The van der Waals surface area contributed by atoms with Crippen LogP contribution in [0.4, 0.5) is 0 Å². The minimum atomic E-state index is -0.338. The Kier molecular flexibility index (Phi) is 4.73. The molecule has 0 radical (unpaired) electrons. The molecule has 0 bridgehead atoms. The average Bonchev–Trinajstić information content (AvgIpc) is 2.50. The minimum Gasteiger partial charge on any atom is -0.393 e. The van der Waals surface area contributed by atoms with Crippen LogP contribution in [0.15, 0.2) is 10.9 Å². The molecule has 3 rings (SSSR count). The number of carbonyl (C=O) groups is 1. The molecule has 2 aliphatic rings. The Morgan fingerprint density at radius 1 is 1.42 bits per heavy atom. The molecule has 7 heteroatoms. The first kappa shape index (κ1) is 17.1. The SMILES string of the molecule is CC(C)N(C)Cc1cc(=O)n2c(n1)CN(C(=O)C1CC(O)C1)CC2. The van der Waals surface area contributed by atoms with E-state index in [-0.39, 0.29) is 23.5 Å². The normalized spacial score (nSPS) is 23.3. The molecule has 1 saturated carbocycles. The van der Waals surface area contributed by atoms with E-state index in [2.05, 4.69) is 23.7 Å². The monoisotopic (exact) mass is 334 g/mol. The summed E-state index contributed by atoms with van der Waals surface area (Å²) in [4.78, 5) is 33.3. The van der Waals surface area contributed by atoms with Gasteiger partial charge in [0.15, 0.2) is 0 Å². The van der Waals surface area contributed by atoms with E-state index in [4.69, 9.17) is 0 Å². The summed E-state index contributed by atoms with van der Waals surface area (Å²) in [5.74, 6) is 0.660. The average molecular weight is 334 g/mol. The Hall–Kier alpha value is -1.73. The van der Waals surface area contributed by atoms with Gasteiger partial charge in [-0.2, -0.15) is 0 Å². The molecular weight excluding hydrogens is 308 g/mol. The van der Waals surface area contributed by atoms with Gasteiger partial charge in [0.2, 0.25) is 5.91 Å². The zero-order valence-corrected chi connectivity index (χ0v) is 14.6. The van der Waals surface area contributed by atoms with Crippen LogP contribution in [0.5, 0.6) is 0 Å². The van der Waals surface area contributed by atoms with E-state index in [9.17, 15) is 14.7 Å². The van der Waals surface area contributed by atoms with Gasteiger partial charge in [-0.05, 0) is 33.7 Å². The summed E-state index contributed by atoms with van der Waals surface area (Å²) < 4.78 is 1.66. The van der Waals surface area contributed by atoms with Crippen molar-refractivity contribution in [3.05, 3.63) is 27.9 Å². The Bertz CT molecular complexity index is 679. The summed E-state index contributed by atoms with van der Waals surface area (Å²) in [6.07, 6.45) is 0.763. The quantitative estimate of drug-likeness (QED) is 0.851. The van der Waals surface area contributed by atoms with Crippen molar-refractivity contribution in [2.24, 2.45) is 5.92 Å².